The fourth-order valence-corrected chi connectivity index (χ4v) is 4.94. The van der Waals surface area contributed by atoms with E-state index in [1.54, 1.807) is 36.4 Å². The number of H-pyrrole nitrogens is 1. The molecule has 0 aliphatic rings. The summed E-state index contributed by atoms with van der Waals surface area (Å²) in [7, 11) is 0. The van der Waals surface area contributed by atoms with Crippen molar-refractivity contribution in [1.82, 2.24) is 25.4 Å². The molecule has 8 nitrogen and oxygen atoms in total. The van der Waals surface area contributed by atoms with Crippen LogP contribution in [0.4, 0.5) is 4.39 Å². The summed E-state index contributed by atoms with van der Waals surface area (Å²) in [4.78, 5) is 37.0. The van der Waals surface area contributed by atoms with Crippen LogP contribution in [0, 0.1) is 5.82 Å². The topological polar surface area (TPSA) is 114 Å². The number of hydrogen-bond acceptors (Lipinski definition) is 8. The van der Waals surface area contributed by atoms with E-state index in [0.717, 1.165) is 5.56 Å². The molecule has 2 aromatic carbocycles. The van der Waals surface area contributed by atoms with Gasteiger partial charge in [0.1, 0.15) is 10.6 Å². The lowest BCUT2D eigenvalue weighted by atomic mass is 10.1. The Balaban J connectivity index is 1.24. The smallest absolute Gasteiger partial charge is 0.260 e. The highest BCUT2D eigenvalue weighted by molar-refractivity contribution is 7.98. The van der Waals surface area contributed by atoms with E-state index < -0.39 is 0 Å². The van der Waals surface area contributed by atoms with E-state index >= 15 is 0 Å². The second kappa shape index (κ2) is 9.57. The van der Waals surface area contributed by atoms with E-state index in [4.69, 9.17) is 4.52 Å². The lowest BCUT2D eigenvalue weighted by Gasteiger charge is -2.01. The fraction of sp³-hybridized carbons (Fsp3) is 0.0870. The Morgan fingerprint density at radius 2 is 1.91 bits per heavy atom. The first-order valence-corrected chi connectivity index (χ1v) is 12.0. The quantitative estimate of drug-likeness (QED) is 0.255. The van der Waals surface area contributed by atoms with Gasteiger partial charge in [0.05, 0.1) is 17.7 Å². The van der Waals surface area contributed by atoms with Gasteiger partial charge >= 0.3 is 0 Å². The average Bonchev–Trinajstić information content (AvgIpc) is 3.50. The second-order valence-corrected chi connectivity index (χ2v) is 8.97. The number of halogens is 1. The average molecular weight is 494 g/mol. The molecule has 0 bridgehead atoms. The van der Waals surface area contributed by atoms with Gasteiger partial charge in [-0.15, -0.1) is 11.3 Å². The Hall–Kier alpha value is -3.83. The number of rotatable bonds is 7. The number of nitrogens with one attached hydrogen (secondary N) is 2. The number of thioether (sulfide) groups is 1. The molecule has 0 aliphatic carbocycles. The molecule has 0 saturated heterocycles. The number of hydrogen-bond donors (Lipinski definition) is 2. The van der Waals surface area contributed by atoms with Gasteiger partial charge in [-0.2, -0.15) is 4.98 Å². The third-order valence-electron chi connectivity index (χ3n) is 4.86. The zero-order valence-electron chi connectivity index (χ0n) is 17.4. The van der Waals surface area contributed by atoms with E-state index in [-0.39, 0.29) is 23.8 Å². The summed E-state index contributed by atoms with van der Waals surface area (Å²) in [5.41, 5.74) is 1.73. The van der Waals surface area contributed by atoms with Crippen LogP contribution in [0.3, 0.4) is 0 Å². The van der Waals surface area contributed by atoms with Crippen LogP contribution in [0.5, 0.6) is 0 Å². The first kappa shape index (κ1) is 22.0. The third kappa shape index (κ3) is 4.75. The zero-order valence-corrected chi connectivity index (χ0v) is 19.1. The van der Waals surface area contributed by atoms with Crippen LogP contribution in [-0.4, -0.2) is 26.0 Å². The van der Waals surface area contributed by atoms with Crippen molar-refractivity contribution in [3.05, 3.63) is 93.4 Å². The van der Waals surface area contributed by atoms with Gasteiger partial charge in [0.2, 0.25) is 5.89 Å². The number of amides is 1. The van der Waals surface area contributed by atoms with Gasteiger partial charge in [-0.25, -0.2) is 9.37 Å². The van der Waals surface area contributed by atoms with Crippen molar-refractivity contribution in [3.63, 3.8) is 0 Å². The maximum atomic E-state index is 13.2. The predicted octanol–water partition coefficient (Wildman–Crippen LogP) is 4.40. The van der Waals surface area contributed by atoms with Gasteiger partial charge in [0, 0.05) is 16.5 Å². The number of benzene rings is 2. The van der Waals surface area contributed by atoms with Crippen LogP contribution in [-0.2, 0) is 12.3 Å². The third-order valence-corrected chi connectivity index (χ3v) is 6.59. The standard InChI is InChI=1S/C23H16FN5O3S2/c24-15-8-6-13(7-9-15)16-11-33-22-19(16)21(31)27-23(28-22)34-12-18-26-17(29-32-18)10-25-20(30)14-4-2-1-3-5-14/h1-9,11H,10,12H2,(H,25,30)(H,27,28,31). The Morgan fingerprint density at radius 1 is 1.12 bits per heavy atom. The molecule has 0 atom stereocenters. The lowest BCUT2D eigenvalue weighted by molar-refractivity contribution is 0.0949. The first-order valence-electron chi connectivity index (χ1n) is 10.1. The van der Waals surface area contributed by atoms with Crippen molar-refractivity contribution in [1.29, 1.82) is 0 Å². The largest absolute Gasteiger partial charge is 0.345 e. The number of carbonyl (C=O) groups excluding carboxylic acids is 1. The summed E-state index contributed by atoms with van der Waals surface area (Å²) in [6.45, 7) is 0.129. The molecule has 0 saturated carbocycles. The molecule has 170 valence electrons. The summed E-state index contributed by atoms with van der Waals surface area (Å²) < 4.78 is 18.5. The predicted molar refractivity (Wildman–Crippen MR) is 127 cm³/mol. The molecule has 0 radical (unpaired) electrons. The summed E-state index contributed by atoms with van der Waals surface area (Å²) in [5.74, 6) is 0.419. The van der Waals surface area contributed by atoms with Crippen molar-refractivity contribution in [3.8, 4) is 11.1 Å². The van der Waals surface area contributed by atoms with E-state index in [1.807, 2.05) is 11.4 Å². The summed E-state index contributed by atoms with van der Waals surface area (Å²) in [5, 5.41) is 9.33. The first-order chi connectivity index (χ1) is 16.6. The minimum Gasteiger partial charge on any atom is -0.345 e. The van der Waals surface area contributed by atoms with Gasteiger partial charge in [-0.3, -0.25) is 9.59 Å². The molecule has 5 aromatic rings. The number of nitrogens with zero attached hydrogens (tertiary/aromatic N) is 3. The van der Waals surface area contributed by atoms with Gasteiger partial charge in [-0.05, 0) is 29.8 Å². The normalized spacial score (nSPS) is 11.1. The Bertz CT molecular complexity index is 1510. The maximum absolute atomic E-state index is 13.2. The summed E-state index contributed by atoms with van der Waals surface area (Å²) in [6, 6.07) is 14.8. The van der Waals surface area contributed by atoms with Crippen LogP contribution < -0.4 is 10.9 Å². The van der Waals surface area contributed by atoms with Crippen LogP contribution in [0.2, 0.25) is 0 Å². The highest BCUT2D eigenvalue weighted by atomic mass is 32.2. The van der Waals surface area contributed by atoms with Gasteiger partial charge < -0.3 is 14.8 Å². The fourth-order valence-electron chi connectivity index (χ4n) is 3.24. The summed E-state index contributed by atoms with van der Waals surface area (Å²) >= 11 is 2.60. The minimum atomic E-state index is -0.336. The molecule has 3 heterocycles. The van der Waals surface area contributed by atoms with Crippen LogP contribution in [0.15, 0.2) is 74.5 Å². The van der Waals surface area contributed by atoms with E-state index in [0.29, 0.717) is 44.0 Å². The van der Waals surface area contributed by atoms with Gasteiger partial charge in [-0.1, -0.05) is 47.3 Å². The highest BCUT2D eigenvalue weighted by Crippen LogP contribution is 2.31. The van der Waals surface area contributed by atoms with Crippen LogP contribution in [0.1, 0.15) is 22.1 Å². The Kier molecular flexibility index (Phi) is 6.19. The number of aromatic nitrogens is 4. The number of carbonyl (C=O) groups is 1. The molecular weight excluding hydrogens is 477 g/mol. The maximum Gasteiger partial charge on any atom is 0.260 e. The second-order valence-electron chi connectivity index (χ2n) is 7.15. The van der Waals surface area contributed by atoms with Crippen LogP contribution in [0.25, 0.3) is 21.3 Å². The zero-order chi connectivity index (χ0) is 23.5. The molecule has 34 heavy (non-hydrogen) atoms. The van der Waals surface area contributed by atoms with Crippen molar-refractivity contribution >= 4 is 39.2 Å². The molecular formula is C23H16FN5O3S2. The summed E-state index contributed by atoms with van der Waals surface area (Å²) in [6.07, 6.45) is 0. The van der Waals surface area contributed by atoms with E-state index in [9.17, 15) is 14.0 Å². The molecule has 0 spiro atoms. The van der Waals surface area contributed by atoms with E-state index in [1.165, 1.54) is 35.2 Å². The number of aromatic amines is 1. The number of fused-ring (bicyclic) bond motifs is 1. The molecule has 0 fully saturated rings. The van der Waals surface area contributed by atoms with Crippen molar-refractivity contribution < 1.29 is 13.7 Å². The molecule has 0 aliphatic heterocycles. The molecule has 11 heteroatoms. The molecule has 5 rings (SSSR count). The highest BCUT2D eigenvalue weighted by Gasteiger charge is 2.15. The van der Waals surface area contributed by atoms with Gasteiger partial charge in [0.15, 0.2) is 11.0 Å². The monoisotopic (exact) mass is 493 g/mol. The van der Waals surface area contributed by atoms with E-state index in [2.05, 4.69) is 25.4 Å². The minimum absolute atomic E-state index is 0.129. The Labute approximate surface area is 200 Å². The number of thiophene rings is 1. The van der Waals surface area contributed by atoms with Gasteiger partial charge in [0.25, 0.3) is 11.5 Å². The Morgan fingerprint density at radius 3 is 2.71 bits per heavy atom. The molecule has 1 amide bonds. The molecule has 2 N–H and O–H groups in total. The van der Waals surface area contributed by atoms with Crippen molar-refractivity contribution in [2.45, 2.75) is 17.5 Å². The van der Waals surface area contributed by atoms with Crippen LogP contribution >= 0.6 is 23.1 Å². The molecule has 0 unspecified atom stereocenters. The van der Waals surface area contributed by atoms with Crippen molar-refractivity contribution in [2.75, 3.05) is 0 Å². The van der Waals surface area contributed by atoms with Crippen molar-refractivity contribution in [2.24, 2.45) is 0 Å². The lowest BCUT2D eigenvalue weighted by Crippen LogP contribution is -2.23. The SMILES string of the molecule is O=C(NCc1noc(CSc2nc3scc(-c4ccc(F)cc4)c3c(=O)[nH]2)n1)c1ccccc1. The molecule has 3 aromatic heterocycles.